The fraction of sp³-hybridized carbons (Fsp3) is 0.353. The van der Waals surface area contributed by atoms with E-state index in [2.05, 4.69) is 11.1 Å². The zero-order valence-electron chi connectivity index (χ0n) is 12.9. The number of benzene rings is 1. The third kappa shape index (κ3) is 4.15. The molecule has 4 nitrogen and oxygen atoms in total. The van der Waals surface area contributed by atoms with Gasteiger partial charge in [-0.3, -0.25) is 4.79 Å². The molecule has 1 aromatic heterocycles. The molecule has 1 amide bonds. The van der Waals surface area contributed by atoms with Crippen LogP contribution in [0.15, 0.2) is 29.1 Å². The number of anilines is 1. The first-order valence-corrected chi connectivity index (χ1v) is 8.17. The van der Waals surface area contributed by atoms with E-state index in [1.807, 2.05) is 37.4 Å². The summed E-state index contributed by atoms with van der Waals surface area (Å²) in [6.07, 6.45) is 1.37. The van der Waals surface area contributed by atoms with E-state index in [1.165, 1.54) is 16.9 Å². The highest BCUT2D eigenvalue weighted by Gasteiger charge is 2.16. The van der Waals surface area contributed by atoms with E-state index in [0.717, 1.165) is 16.9 Å². The molecule has 5 heteroatoms. The van der Waals surface area contributed by atoms with Crippen LogP contribution in [0.4, 0.5) is 5.69 Å². The van der Waals surface area contributed by atoms with Crippen LogP contribution in [-0.4, -0.2) is 17.4 Å². The fourth-order valence-corrected chi connectivity index (χ4v) is 2.78. The molecule has 2 aromatic rings. The zero-order chi connectivity index (χ0) is 15.9. The summed E-state index contributed by atoms with van der Waals surface area (Å²) in [5, 5.41) is 10.8. The number of aromatic nitrogens is 1. The van der Waals surface area contributed by atoms with Gasteiger partial charge in [-0.25, -0.2) is 4.98 Å². The Morgan fingerprint density at radius 1 is 1.36 bits per heavy atom. The Kier molecular flexibility index (Phi) is 5.68. The minimum absolute atomic E-state index is 0.0338. The highest BCUT2D eigenvalue weighted by Crippen LogP contribution is 2.20. The third-order valence-corrected chi connectivity index (χ3v) is 4.26. The predicted molar refractivity (Wildman–Crippen MR) is 88.9 cm³/mol. The number of thiazole rings is 1. The highest BCUT2D eigenvalue weighted by molar-refractivity contribution is 7.07. The third-order valence-electron chi connectivity index (χ3n) is 3.63. The summed E-state index contributed by atoms with van der Waals surface area (Å²) >= 11 is 1.53. The molecule has 0 spiro atoms. The molecular weight excluding hydrogens is 294 g/mol. The second-order valence-corrected chi connectivity index (χ2v) is 5.92. The van der Waals surface area contributed by atoms with Gasteiger partial charge in [-0.2, -0.15) is 5.26 Å². The molecule has 0 bridgehead atoms. The quantitative estimate of drug-likeness (QED) is 0.818. The van der Waals surface area contributed by atoms with Gasteiger partial charge in [-0.1, -0.05) is 6.07 Å². The highest BCUT2D eigenvalue weighted by atomic mass is 32.1. The van der Waals surface area contributed by atoms with E-state index in [4.69, 9.17) is 5.26 Å². The van der Waals surface area contributed by atoms with Gasteiger partial charge in [0.25, 0.3) is 0 Å². The van der Waals surface area contributed by atoms with Crippen molar-refractivity contribution in [2.75, 3.05) is 11.4 Å². The number of hydrogen-bond donors (Lipinski definition) is 0. The Balaban J connectivity index is 2.12. The molecule has 0 saturated carbocycles. The molecule has 0 N–H and O–H groups in total. The van der Waals surface area contributed by atoms with Crippen molar-refractivity contribution in [2.24, 2.45) is 0 Å². The minimum Gasteiger partial charge on any atom is -0.311 e. The molecule has 1 aromatic carbocycles. The van der Waals surface area contributed by atoms with Crippen LogP contribution in [0.25, 0.3) is 0 Å². The van der Waals surface area contributed by atoms with E-state index >= 15 is 0 Å². The van der Waals surface area contributed by atoms with Crippen LogP contribution in [0.5, 0.6) is 0 Å². The van der Waals surface area contributed by atoms with Crippen molar-refractivity contribution in [3.63, 3.8) is 0 Å². The first-order chi connectivity index (χ1) is 10.6. The summed E-state index contributed by atoms with van der Waals surface area (Å²) in [5.74, 6) is 0.0338. The summed E-state index contributed by atoms with van der Waals surface area (Å²) < 4.78 is 0. The van der Waals surface area contributed by atoms with Crippen molar-refractivity contribution in [2.45, 2.75) is 33.1 Å². The predicted octanol–water partition coefficient (Wildman–Crippen LogP) is 3.64. The smallest absolute Gasteiger partial charge is 0.227 e. The summed E-state index contributed by atoms with van der Waals surface area (Å²) in [6, 6.07) is 8.08. The number of amides is 1. The summed E-state index contributed by atoms with van der Waals surface area (Å²) in [5.41, 5.74) is 5.92. The second kappa shape index (κ2) is 7.71. The van der Waals surface area contributed by atoms with E-state index in [0.29, 0.717) is 25.8 Å². The Labute approximate surface area is 135 Å². The van der Waals surface area contributed by atoms with Crippen molar-refractivity contribution in [1.82, 2.24) is 4.98 Å². The Bertz CT molecular complexity index is 674. The maximum absolute atomic E-state index is 12.5. The average Bonchev–Trinajstić information content (AvgIpc) is 3.02. The number of hydrogen-bond acceptors (Lipinski definition) is 4. The molecule has 2 rings (SSSR count). The number of aryl methyl sites for hydroxylation is 3. The van der Waals surface area contributed by atoms with Gasteiger partial charge in [0.05, 0.1) is 23.7 Å². The molecular formula is C17H19N3OS. The lowest BCUT2D eigenvalue weighted by Gasteiger charge is -2.22. The summed E-state index contributed by atoms with van der Waals surface area (Å²) in [4.78, 5) is 18.4. The normalized spacial score (nSPS) is 10.2. The molecule has 0 aliphatic heterocycles. The summed E-state index contributed by atoms with van der Waals surface area (Å²) in [6.45, 7) is 4.50. The van der Waals surface area contributed by atoms with Crippen molar-refractivity contribution in [3.8, 4) is 6.07 Å². The standard InChI is InChI=1S/C17H19N3OS/c1-13-4-6-16(10-14(13)2)20(9-3-8-18)17(21)7-5-15-11-22-12-19-15/h4,6,10-12H,3,5,7,9H2,1-2H3. The maximum Gasteiger partial charge on any atom is 0.227 e. The van der Waals surface area contributed by atoms with Crippen LogP contribution < -0.4 is 4.90 Å². The molecule has 0 radical (unpaired) electrons. The lowest BCUT2D eigenvalue weighted by atomic mass is 10.1. The maximum atomic E-state index is 12.5. The van der Waals surface area contributed by atoms with Crippen molar-refractivity contribution in [3.05, 3.63) is 45.9 Å². The van der Waals surface area contributed by atoms with Gasteiger partial charge in [0.15, 0.2) is 0 Å². The SMILES string of the molecule is Cc1ccc(N(CCC#N)C(=O)CCc2cscn2)cc1C. The number of nitriles is 1. The molecule has 22 heavy (non-hydrogen) atoms. The molecule has 0 aliphatic rings. The van der Waals surface area contributed by atoms with Gasteiger partial charge in [0.2, 0.25) is 5.91 Å². The summed E-state index contributed by atoms with van der Waals surface area (Å²) in [7, 11) is 0. The lowest BCUT2D eigenvalue weighted by molar-refractivity contribution is -0.118. The first-order valence-electron chi connectivity index (χ1n) is 7.23. The van der Waals surface area contributed by atoms with Gasteiger partial charge in [-0.15, -0.1) is 11.3 Å². The van der Waals surface area contributed by atoms with Gasteiger partial charge in [0, 0.05) is 24.0 Å². The Morgan fingerprint density at radius 2 is 2.18 bits per heavy atom. The van der Waals surface area contributed by atoms with Crippen LogP contribution in [0.2, 0.25) is 0 Å². The minimum atomic E-state index is 0.0338. The lowest BCUT2D eigenvalue weighted by Crippen LogP contribution is -2.32. The number of nitrogens with zero attached hydrogens (tertiary/aromatic N) is 3. The molecule has 0 unspecified atom stereocenters. The van der Waals surface area contributed by atoms with Crippen LogP contribution in [-0.2, 0) is 11.2 Å². The molecule has 0 fully saturated rings. The topological polar surface area (TPSA) is 57.0 Å². The largest absolute Gasteiger partial charge is 0.311 e. The van der Waals surface area contributed by atoms with Crippen LogP contribution in [0.1, 0.15) is 29.7 Å². The second-order valence-electron chi connectivity index (χ2n) is 5.20. The van der Waals surface area contributed by atoms with E-state index in [-0.39, 0.29) is 5.91 Å². The van der Waals surface area contributed by atoms with Crippen LogP contribution >= 0.6 is 11.3 Å². The monoisotopic (exact) mass is 313 g/mol. The van der Waals surface area contributed by atoms with Gasteiger partial charge in [-0.05, 0) is 43.5 Å². The van der Waals surface area contributed by atoms with Crippen LogP contribution in [0, 0.1) is 25.2 Å². The molecule has 0 aliphatic carbocycles. The van der Waals surface area contributed by atoms with Crippen molar-refractivity contribution in [1.29, 1.82) is 5.26 Å². The number of rotatable bonds is 6. The zero-order valence-corrected chi connectivity index (χ0v) is 13.7. The average molecular weight is 313 g/mol. The van der Waals surface area contributed by atoms with Crippen molar-refractivity contribution < 1.29 is 4.79 Å². The first kappa shape index (κ1) is 16.2. The molecule has 0 saturated heterocycles. The molecule has 0 atom stereocenters. The number of carbonyl (C=O) groups excluding carboxylic acids is 1. The van der Waals surface area contributed by atoms with E-state index < -0.39 is 0 Å². The van der Waals surface area contributed by atoms with E-state index in [1.54, 1.807) is 10.4 Å². The van der Waals surface area contributed by atoms with E-state index in [9.17, 15) is 4.79 Å². The number of carbonyl (C=O) groups is 1. The van der Waals surface area contributed by atoms with Gasteiger partial charge < -0.3 is 4.90 Å². The Hall–Kier alpha value is -2.19. The molecule has 114 valence electrons. The van der Waals surface area contributed by atoms with Gasteiger partial charge in [0.1, 0.15) is 0 Å². The molecule has 1 heterocycles. The van der Waals surface area contributed by atoms with Crippen molar-refractivity contribution >= 4 is 22.9 Å². The van der Waals surface area contributed by atoms with Gasteiger partial charge >= 0.3 is 0 Å². The van der Waals surface area contributed by atoms with Crippen LogP contribution in [0.3, 0.4) is 0 Å². The Morgan fingerprint density at radius 3 is 2.82 bits per heavy atom. The fourth-order valence-electron chi connectivity index (χ4n) is 2.18.